The van der Waals surface area contributed by atoms with Crippen LogP contribution in [0.1, 0.15) is 28.3 Å². The molecule has 2 saturated heterocycles. The molecule has 8 nitrogen and oxygen atoms in total. The van der Waals surface area contributed by atoms with Gasteiger partial charge in [0.1, 0.15) is 12.2 Å². The van der Waals surface area contributed by atoms with E-state index in [-0.39, 0.29) is 37.5 Å². The lowest BCUT2D eigenvalue weighted by atomic mass is 9.99. The maximum Gasteiger partial charge on any atom is 0.332 e. The van der Waals surface area contributed by atoms with Gasteiger partial charge in [-0.1, -0.05) is 91.0 Å². The zero-order valence-electron chi connectivity index (χ0n) is 22.1. The van der Waals surface area contributed by atoms with Crippen LogP contribution in [0, 0.1) is 6.92 Å². The average Bonchev–Trinajstić information content (AvgIpc) is 3.28. The molecule has 0 aromatic heterocycles. The van der Waals surface area contributed by atoms with Crippen LogP contribution in [0.4, 0.5) is 4.79 Å². The Hall–Kier alpha value is -4.43. The molecule has 3 aromatic rings. The van der Waals surface area contributed by atoms with Gasteiger partial charge in [0.15, 0.2) is 0 Å². The predicted octanol–water partition coefficient (Wildman–Crippen LogP) is 3.86. The van der Waals surface area contributed by atoms with Gasteiger partial charge in [-0.3, -0.25) is 14.6 Å². The normalized spacial score (nSPS) is 19.1. The predicted molar refractivity (Wildman–Crippen MR) is 149 cm³/mol. The number of benzene rings is 3. The molecule has 0 aliphatic carbocycles. The molecular weight excluding hydrogens is 490 g/mol. The van der Waals surface area contributed by atoms with Crippen LogP contribution in [0.25, 0.3) is 0 Å². The van der Waals surface area contributed by atoms with Gasteiger partial charge >= 0.3 is 6.03 Å². The third-order valence-corrected chi connectivity index (χ3v) is 7.33. The SMILES string of the molecule is C=CCN(C(=O)NCc1ccccc1)N1CC(=O)N2[C@@H](c3ccccc3)C(=O)N(Cc3ccccc3C)C[C@@H]21. The summed E-state index contributed by atoms with van der Waals surface area (Å²) in [6.45, 7) is 7.13. The van der Waals surface area contributed by atoms with Crippen LogP contribution < -0.4 is 5.32 Å². The van der Waals surface area contributed by atoms with Gasteiger partial charge in [0, 0.05) is 13.1 Å². The van der Waals surface area contributed by atoms with Crippen LogP contribution >= 0.6 is 0 Å². The summed E-state index contributed by atoms with van der Waals surface area (Å²) >= 11 is 0. The van der Waals surface area contributed by atoms with E-state index in [9.17, 15) is 14.4 Å². The summed E-state index contributed by atoms with van der Waals surface area (Å²) in [6.07, 6.45) is 1.13. The van der Waals surface area contributed by atoms with Gasteiger partial charge in [-0.05, 0) is 29.2 Å². The molecule has 0 unspecified atom stereocenters. The Balaban J connectivity index is 1.46. The fourth-order valence-electron chi connectivity index (χ4n) is 5.32. The van der Waals surface area contributed by atoms with E-state index in [1.165, 1.54) is 5.01 Å². The van der Waals surface area contributed by atoms with Gasteiger partial charge < -0.3 is 15.1 Å². The van der Waals surface area contributed by atoms with Gasteiger partial charge in [-0.15, -0.1) is 6.58 Å². The molecule has 1 N–H and O–H groups in total. The Morgan fingerprint density at radius 3 is 2.36 bits per heavy atom. The second-order valence-corrected chi connectivity index (χ2v) is 9.85. The van der Waals surface area contributed by atoms with Crippen LogP contribution in [0.15, 0.2) is 97.6 Å². The van der Waals surface area contributed by atoms with Crippen molar-refractivity contribution in [3.63, 3.8) is 0 Å². The lowest BCUT2D eigenvalue weighted by Gasteiger charge is -2.46. The van der Waals surface area contributed by atoms with Gasteiger partial charge in [0.2, 0.25) is 5.91 Å². The van der Waals surface area contributed by atoms with E-state index in [2.05, 4.69) is 11.9 Å². The smallest absolute Gasteiger partial charge is 0.332 e. The van der Waals surface area contributed by atoms with Gasteiger partial charge in [0.05, 0.1) is 19.6 Å². The minimum Gasteiger partial charge on any atom is -0.333 e. The number of hydrazine groups is 1. The molecule has 2 aliphatic rings. The van der Waals surface area contributed by atoms with Crippen LogP contribution in [-0.2, 0) is 22.7 Å². The molecule has 200 valence electrons. The van der Waals surface area contributed by atoms with Gasteiger partial charge in [0.25, 0.3) is 5.91 Å². The van der Waals surface area contributed by atoms with E-state index >= 15 is 0 Å². The Kier molecular flexibility index (Phi) is 7.74. The summed E-state index contributed by atoms with van der Waals surface area (Å²) in [5.41, 5.74) is 3.86. The first-order chi connectivity index (χ1) is 19.0. The Morgan fingerprint density at radius 2 is 1.67 bits per heavy atom. The second-order valence-electron chi connectivity index (χ2n) is 9.85. The summed E-state index contributed by atoms with van der Waals surface area (Å²) < 4.78 is 0. The fourth-order valence-corrected chi connectivity index (χ4v) is 5.32. The largest absolute Gasteiger partial charge is 0.333 e. The number of aryl methyl sites for hydroxylation is 1. The molecule has 0 bridgehead atoms. The third kappa shape index (κ3) is 5.42. The first kappa shape index (κ1) is 26.2. The van der Waals surface area contributed by atoms with Crippen molar-refractivity contribution < 1.29 is 14.4 Å². The Morgan fingerprint density at radius 1 is 1.00 bits per heavy atom. The number of hydrogen-bond donors (Lipinski definition) is 1. The summed E-state index contributed by atoms with van der Waals surface area (Å²) in [6, 6.07) is 25.9. The first-order valence-corrected chi connectivity index (χ1v) is 13.1. The second kappa shape index (κ2) is 11.5. The number of hydrogen-bond acceptors (Lipinski definition) is 4. The highest BCUT2D eigenvalue weighted by atomic mass is 16.2. The molecule has 0 spiro atoms. The van der Waals surface area contributed by atoms with Crippen LogP contribution in [0.2, 0.25) is 0 Å². The molecule has 2 aliphatic heterocycles. The number of carbonyl (C=O) groups is 3. The van der Waals surface area contributed by atoms with Crippen molar-refractivity contribution in [2.45, 2.75) is 32.2 Å². The highest BCUT2D eigenvalue weighted by Gasteiger charge is 2.52. The zero-order valence-corrected chi connectivity index (χ0v) is 22.1. The molecule has 2 heterocycles. The minimum absolute atomic E-state index is 0.00786. The number of rotatable bonds is 8. The number of nitrogens with zero attached hydrogens (tertiary/aromatic N) is 4. The quantitative estimate of drug-likeness (QED) is 0.455. The lowest BCUT2D eigenvalue weighted by molar-refractivity contribution is -0.158. The van der Waals surface area contributed by atoms with Crippen molar-refractivity contribution in [2.24, 2.45) is 0 Å². The van der Waals surface area contributed by atoms with E-state index < -0.39 is 12.2 Å². The van der Waals surface area contributed by atoms with Crippen molar-refractivity contribution in [1.82, 2.24) is 25.1 Å². The van der Waals surface area contributed by atoms with Crippen molar-refractivity contribution in [3.8, 4) is 0 Å². The molecule has 0 saturated carbocycles. The van der Waals surface area contributed by atoms with Gasteiger partial charge in [-0.2, -0.15) is 5.01 Å². The van der Waals surface area contributed by atoms with E-state index in [1.807, 2.05) is 91.9 Å². The number of carbonyl (C=O) groups excluding carboxylic acids is 3. The monoisotopic (exact) mass is 523 g/mol. The molecule has 2 fully saturated rings. The van der Waals surface area contributed by atoms with Crippen molar-refractivity contribution in [2.75, 3.05) is 19.6 Å². The fraction of sp³-hybridized carbons (Fsp3) is 0.258. The summed E-state index contributed by atoms with van der Waals surface area (Å²) in [5, 5.41) is 6.27. The van der Waals surface area contributed by atoms with E-state index in [0.717, 1.165) is 22.3 Å². The molecule has 4 amide bonds. The molecule has 8 heteroatoms. The summed E-state index contributed by atoms with van der Waals surface area (Å²) in [4.78, 5) is 44.3. The first-order valence-electron chi connectivity index (χ1n) is 13.1. The third-order valence-electron chi connectivity index (χ3n) is 7.33. The Labute approximate surface area is 229 Å². The molecule has 39 heavy (non-hydrogen) atoms. The number of amides is 4. The molecule has 3 aromatic carbocycles. The van der Waals surface area contributed by atoms with Crippen LogP contribution in [0.3, 0.4) is 0 Å². The average molecular weight is 524 g/mol. The van der Waals surface area contributed by atoms with Crippen LogP contribution in [0.5, 0.6) is 0 Å². The standard InChI is InChI=1S/C31H33N5O3/c1-3-18-34(31(39)32-19-24-13-6-4-7-14-24)35-22-28(37)36-27(35)21-33(20-26-17-11-10-12-23(26)2)30(38)29(36)25-15-8-5-9-16-25/h3-17,27,29H,1,18-22H2,2H3,(H,32,39)/t27-,29+/m1/s1. The number of fused-ring (bicyclic) bond motifs is 1. The number of nitrogens with one attached hydrogen (secondary N) is 1. The molecule has 0 radical (unpaired) electrons. The lowest BCUT2D eigenvalue weighted by Crippen LogP contribution is -2.62. The number of urea groups is 1. The van der Waals surface area contributed by atoms with E-state index in [1.54, 1.807) is 20.9 Å². The summed E-state index contributed by atoms with van der Waals surface area (Å²) in [5.74, 6) is -0.317. The highest BCUT2D eigenvalue weighted by molar-refractivity contribution is 5.92. The van der Waals surface area contributed by atoms with E-state index in [4.69, 9.17) is 0 Å². The maximum atomic E-state index is 13.9. The van der Waals surface area contributed by atoms with Crippen molar-refractivity contribution in [3.05, 3.63) is 120 Å². The zero-order chi connectivity index (χ0) is 27.4. The van der Waals surface area contributed by atoms with Crippen molar-refractivity contribution >= 4 is 17.8 Å². The van der Waals surface area contributed by atoms with Crippen LogP contribution in [-0.4, -0.2) is 63.5 Å². The molecule has 2 atom stereocenters. The van der Waals surface area contributed by atoms with Crippen molar-refractivity contribution in [1.29, 1.82) is 0 Å². The Bertz CT molecular complexity index is 1350. The van der Waals surface area contributed by atoms with Gasteiger partial charge in [-0.25, -0.2) is 4.79 Å². The highest BCUT2D eigenvalue weighted by Crippen LogP contribution is 2.36. The molecular formula is C31H33N5O3. The minimum atomic E-state index is -0.774. The maximum absolute atomic E-state index is 13.9. The topological polar surface area (TPSA) is 76.2 Å². The number of piperazine rings is 1. The van der Waals surface area contributed by atoms with E-state index in [0.29, 0.717) is 13.1 Å². The molecule has 5 rings (SSSR count). The summed E-state index contributed by atoms with van der Waals surface area (Å²) in [7, 11) is 0.